The van der Waals surface area contributed by atoms with Crippen molar-refractivity contribution in [1.29, 1.82) is 0 Å². The number of anilines is 1. The Bertz CT molecular complexity index is 933. The minimum absolute atomic E-state index is 0.177. The largest absolute Gasteiger partial charge is 0.328 e. The molecule has 3 aromatic rings. The first kappa shape index (κ1) is 19.8. The summed E-state index contributed by atoms with van der Waals surface area (Å²) < 4.78 is 0. The summed E-state index contributed by atoms with van der Waals surface area (Å²) in [5.74, 6) is -0.797. The molecule has 0 unspecified atom stereocenters. The van der Waals surface area contributed by atoms with Crippen LogP contribution in [-0.4, -0.2) is 17.7 Å². The fourth-order valence-corrected chi connectivity index (χ4v) is 2.77. The van der Waals surface area contributed by atoms with Gasteiger partial charge in [-0.3, -0.25) is 14.4 Å². The Morgan fingerprint density at radius 3 is 1.52 bits per heavy atom. The predicted octanol–water partition coefficient (Wildman–Crippen LogP) is 3.50. The second-order valence-electron chi connectivity index (χ2n) is 6.42. The van der Waals surface area contributed by atoms with E-state index in [4.69, 9.17) is 0 Å². The molecule has 0 fully saturated rings. The van der Waals surface area contributed by atoms with Crippen molar-refractivity contribution < 1.29 is 14.4 Å². The standard InChI is InChI=1S/C23H21N3O3/c1-16(27)24-20-14-12-17(13-15-20)21(25-22(28)18-8-4-2-5-9-18)26-23(29)19-10-6-3-7-11-19/h2-15,21H,1H3,(H,24,27)(H,25,28)(H,26,29). The van der Waals surface area contributed by atoms with Crippen molar-refractivity contribution in [3.63, 3.8) is 0 Å². The summed E-state index contributed by atoms with van der Waals surface area (Å²) in [6.07, 6.45) is -0.748. The van der Waals surface area contributed by atoms with Crippen LogP contribution in [0.2, 0.25) is 0 Å². The van der Waals surface area contributed by atoms with E-state index in [9.17, 15) is 14.4 Å². The molecule has 0 aliphatic heterocycles. The second kappa shape index (κ2) is 9.32. The van der Waals surface area contributed by atoms with Gasteiger partial charge < -0.3 is 16.0 Å². The summed E-state index contributed by atoms with van der Waals surface area (Å²) in [4.78, 5) is 36.5. The van der Waals surface area contributed by atoms with Gasteiger partial charge in [0.25, 0.3) is 11.8 Å². The molecule has 0 radical (unpaired) electrons. The van der Waals surface area contributed by atoms with Crippen LogP contribution < -0.4 is 16.0 Å². The van der Waals surface area contributed by atoms with E-state index < -0.39 is 6.17 Å². The lowest BCUT2D eigenvalue weighted by Crippen LogP contribution is -2.41. The van der Waals surface area contributed by atoms with Gasteiger partial charge in [-0.1, -0.05) is 48.5 Å². The Balaban J connectivity index is 1.83. The number of hydrogen-bond donors (Lipinski definition) is 3. The second-order valence-corrected chi connectivity index (χ2v) is 6.42. The maximum Gasteiger partial charge on any atom is 0.253 e. The summed E-state index contributed by atoms with van der Waals surface area (Å²) in [6.45, 7) is 1.43. The fourth-order valence-electron chi connectivity index (χ4n) is 2.77. The first-order valence-electron chi connectivity index (χ1n) is 9.12. The van der Waals surface area contributed by atoms with Crippen molar-refractivity contribution in [2.75, 3.05) is 5.32 Å². The lowest BCUT2D eigenvalue weighted by atomic mass is 10.1. The Morgan fingerprint density at radius 1 is 0.655 bits per heavy atom. The van der Waals surface area contributed by atoms with Crippen molar-refractivity contribution in [3.05, 3.63) is 102 Å². The van der Waals surface area contributed by atoms with E-state index in [1.54, 1.807) is 72.8 Å². The van der Waals surface area contributed by atoms with Gasteiger partial charge in [-0.05, 0) is 42.0 Å². The van der Waals surface area contributed by atoms with Gasteiger partial charge in [0, 0.05) is 23.7 Å². The highest BCUT2D eigenvalue weighted by Crippen LogP contribution is 2.16. The van der Waals surface area contributed by atoms with Gasteiger partial charge in [-0.2, -0.15) is 0 Å². The number of carbonyl (C=O) groups excluding carboxylic acids is 3. The highest BCUT2D eigenvalue weighted by Gasteiger charge is 2.19. The van der Waals surface area contributed by atoms with Crippen LogP contribution in [0.5, 0.6) is 0 Å². The van der Waals surface area contributed by atoms with E-state index in [2.05, 4.69) is 16.0 Å². The molecule has 29 heavy (non-hydrogen) atoms. The zero-order valence-electron chi connectivity index (χ0n) is 15.9. The number of amides is 3. The van der Waals surface area contributed by atoms with Crippen LogP contribution in [0.15, 0.2) is 84.9 Å². The van der Waals surface area contributed by atoms with E-state index in [-0.39, 0.29) is 17.7 Å². The van der Waals surface area contributed by atoms with Gasteiger partial charge in [0.1, 0.15) is 6.17 Å². The molecule has 0 aromatic heterocycles. The molecule has 3 N–H and O–H groups in total. The van der Waals surface area contributed by atoms with Gasteiger partial charge in [0.2, 0.25) is 5.91 Å². The highest BCUT2D eigenvalue weighted by atomic mass is 16.2. The molecule has 6 nitrogen and oxygen atoms in total. The Kier molecular flexibility index (Phi) is 6.37. The SMILES string of the molecule is CC(=O)Nc1ccc(C(NC(=O)c2ccccc2)NC(=O)c2ccccc2)cc1. The normalized spacial score (nSPS) is 10.3. The van der Waals surface area contributed by atoms with Gasteiger partial charge >= 0.3 is 0 Å². The lowest BCUT2D eigenvalue weighted by Gasteiger charge is -2.21. The van der Waals surface area contributed by atoms with E-state index in [0.717, 1.165) is 0 Å². The summed E-state index contributed by atoms with van der Waals surface area (Å²) in [5.41, 5.74) is 2.28. The van der Waals surface area contributed by atoms with Crippen LogP contribution in [0, 0.1) is 0 Å². The zero-order valence-corrected chi connectivity index (χ0v) is 15.9. The van der Waals surface area contributed by atoms with Gasteiger partial charge in [0.05, 0.1) is 0 Å². The van der Waals surface area contributed by atoms with Crippen molar-refractivity contribution in [2.45, 2.75) is 13.1 Å². The summed E-state index contributed by atoms with van der Waals surface area (Å²) in [5, 5.41) is 8.40. The molecule has 0 saturated carbocycles. The van der Waals surface area contributed by atoms with E-state index in [1.165, 1.54) is 6.92 Å². The number of carbonyl (C=O) groups is 3. The van der Waals surface area contributed by atoms with E-state index >= 15 is 0 Å². The Labute approximate surface area is 169 Å². The maximum atomic E-state index is 12.6. The molecule has 0 saturated heterocycles. The number of nitrogens with one attached hydrogen (secondary N) is 3. The monoisotopic (exact) mass is 387 g/mol. The minimum atomic E-state index is -0.748. The molecule has 6 heteroatoms. The molecule has 3 rings (SSSR count). The Hall–Kier alpha value is -3.93. The zero-order chi connectivity index (χ0) is 20.6. The number of rotatable bonds is 6. The van der Waals surface area contributed by atoms with Crippen molar-refractivity contribution in [2.24, 2.45) is 0 Å². The first-order valence-corrected chi connectivity index (χ1v) is 9.12. The van der Waals surface area contributed by atoms with E-state index in [0.29, 0.717) is 22.4 Å². The average Bonchev–Trinajstić information content (AvgIpc) is 2.74. The van der Waals surface area contributed by atoms with Crippen molar-refractivity contribution in [1.82, 2.24) is 10.6 Å². The van der Waals surface area contributed by atoms with Crippen LogP contribution in [0.4, 0.5) is 5.69 Å². The third kappa shape index (κ3) is 5.52. The number of benzene rings is 3. The van der Waals surface area contributed by atoms with Crippen LogP contribution in [0.1, 0.15) is 39.4 Å². The summed E-state index contributed by atoms with van der Waals surface area (Å²) >= 11 is 0. The Morgan fingerprint density at radius 2 is 1.10 bits per heavy atom. The third-order valence-corrected chi connectivity index (χ3v) is 4.19. The van der Waals surface area contributed by atoms with E-state index in [1.807, 2.05) is 12.1 Å². The minimum Gasteiger partial charge on any atom is -0.328 e. The van der Waals surface area contributed by atoms with Crippen molar-refractivity contribution in [3.8, 4) is 0 Å². The molecular weight excluding hydrogens is 366 g/mol. The van der Waals surface area contributed by atoms with Gasteiger partial charge in [-0.25, -0.2) is 0 Å². The molecule has 0 bridgehead atoms. The average molecular weight is 387 g/mol. The van der Waals surface area contributed by atoms with Gasteiger partial charge in [-0.15, -0.1) is 0 Å². The molecule has 3 aromatic carbocycles. The first-order chi connectivity index (χ1) is 14.0. The predicted molar refractivity (Wildman–Crippen MR) is 111 cm³/mol. The van der Waals surface area contributed by atoms with Crippen LogP contribution >= 0.6 is 0 Å². The third-order valence-electron chi connectivity index (χ3n) is 4.19. The van der Waals surface area contributed by atoms with Gasteiger partial charge in [0.15, 0.2) is 0 Å². The van der Waals surface area contributed by atoms with Crippen LogP contribution in [-0.2, 0) is 4.79 Å². The maximum absolute atomic E-state index is 12.6. The molecule has 0 aliphatic rings. The molecule has 0 heterocycles. The fraction of sp³-hybridized carbons (Fsp3) is 0.0870. The molecule has 3 amide bonds. The van der Waals surface area contributed by atoms with Crippen molar-refractivity contribution >= 4 is 23.4 Å². The number of hydrogen-bond acceptors (Lipinski definition) is 3. The highest BCUT2D eigenvalue weighted by molar-refractivity contribution is 5.96. The molecule has 0 spiro atoms. The quantitative estimate of drug-likeness (QED) is 0.566. The van der Waals surface area contributed by atoms with Crippen LogP contribution in [0.3, 0.4) is 0 Å². The topological polar surface area (TPSA) is 87.3 Å². The molecule has 0 aliphatic carbocycles. The lowest BCUT2D eigenvalue weighted by molar-refractivity contribution is -0.114. The molecular formula is C23H21N3O3. The molecule has 146 valence electrons. The summed E-state index contributed by atoms with van der Waals surface area (Å²) in [7, 11) is 0. The molecule has 0 atom stereocenters. The smallest absolute Gasteiger partial charge is 0.253 e. The summed E-state index contributed by atoms with van der Waals surface area (Å²) in [6, 6.07) is 24.5. The van der Waals surface area contributed by atoms with Crippen LogP contribution in [0.25, 0.3) is 0 Å².